The van der Waals surface area contributed by atoms with Crippen LogP contribution in [0.15, 0.2) is 54.9 Å². The van der Waals surface area contributed by atoms with Crippen molar-refractivity contribution in [2.75, 3.05) is 0 Å². The number of pyridine rings is 1. The number of fused-ring (bicyclic) bond motifs is 1. The first kappa shape index (κ1) is 17.0. The number of carbonyl (C=O) groups is 1. The summed E-state index contributed by atoms with van der Waals surface area (Å²) in [5.41, 5.74) is 3.02. The highest BCUT2D eigenvalue weighted by Gasteiger charge is 2.03. The average Bonchev–Trinajstić information content (AvgIpc) is 3.03. The Hall–Kier alpha value is -2.82. The van der Waals surface area contributed by atoms with E-state index < -0.39 is 5.97 Å². The maximum absolute atomic E-state index is 10.5. The molecule has 0 atom stereocenters. The van der Waals surface area contributed by atoms with Crippen molar-refractivity contribution in [1.82, 2.24) is 9.38 Å². The Kier molecular flexibility index (Phi) is 5.67. The summed E-state index contributed by atoms with van der Waals surface area (Å²) in [5, 5.41) is 8.64. The highest BCUT2D eigenvalue weighted by Crippen LogP contribution is 2.17. The average molecular weight is 338 g/mol. The maximum atomic E-state index is 10.5. The Labute approximate surface area is 146 Å². The number of ether oxygens (including phenoxy) is 1. The minimum atomic E-state index is -0.720. The predicted octanol–water partition coefficient (Wildman–Crippen LogP) is 4.10. The lowest BCUT2D eigenvalue weighted by atomic mass is 10.1. The van der Waals surface area contributed by atoms with Crippen molar-refractivity contribution in [3.05, 3.63) is 66.1 Å². The summed E-state index contributed by atoms with van der Waals surface area (Å²) in [7, 11) is 0. The van der Waals surface area contributed by atoms with Crippen LogP contribution in [0.25, 0.3) is 5.65 Å². The fourth-order valence-corrected chi connectivity index (χ4v) is 2.79. The summed E-state index contributed by atoms with van der Waals surface area (Å²) >= 11 is 0. The summed E-state index contributed by atoms with van der Waals surface area (Å²) < 4.78 is 7.85. The number of aryl methyl sites for hydroxylation is 1. The Morgan fingerprint density at radius 2 is 2.04 bits per heavy atom. The zero-order valence-electron chi connectivity index (χ0n) is 14.1. The summed E-state index contributed by atoms with van der Waals surface area (Å²) in [6, 6.07) is 14.0. The van der Waals surface area contributed by atoms with E-state index in [-0.39, 0.29) is 6.42 Å². The van der Waals surface area contributed by atoms with Gasteiger partial charge in [0.05, 0.1) is 5.69 Å². The second-order valence-corrected chi connectivity index (χ2v) is 6.09. The molecule has 0 unspecified atom stereocenters. The second kappa shape index (κ2) is 8.33. The van der Waals surface area contributed by atoms with Gasteiger partial charge in [-0.2, -0.15) is 0 Å². The molecule has 2 aromatic heterocycles. The van der Waals surface area contributed by atoms with Gasteiger partial charge in [0.15, 0.2) is 0 Å². The van der Waals surface area contributed by atoms with Gasteiger partial charge < -0.3 is 14.2 Å². The molecular weight excluding hydrogens is 316 g/mol. The molecule has 3 rings (SSSR count). The minimum absolute atomic E-state index is 0.252. The van der Waals surface area contributed by atoms with Crippen LogP contribution >= 0.6 is 0 Å². The molecule has 5 nitrogen and oxygen atoms in total. The van der Waals surface area contributed by atoms with Crippen molar-refractivity contribution in [3.8, 4) is 5.75 Å². The van der Waals surface area contributed by atoms with Crippen LogP contribution in [0.2, 0.25) is 0 Å². The van der Waals surface area contributed by atoms with Gasteiger partial charge in [-0.3, -0.25) is 4.79 Å². The van der Waals surface area contributed by atoms with E-state index in [0.29, 0.717) is 6.61 Å². The highest BCUT2D eigenvalue weighted by molar-refractivity contribution is 5.66. The Balaban J connectivity index is 1.50. The number of hydrogen-bond acceptors (Lipinski definition) is 3. The van der Waals surface area contributed by atoms with Crippen molar-refractivity contribution in [1.29, 1.82) is 0 Å². The molecule has 0 bridgehead atoms. The van der Waals surface area contributed by atoms with Crippen molar-refractivity contribution >= 4 is 11.6 Å². The molecule has 0 radical (unpaired) electrons. The number of hydrogen-bond donors (Lipinski definition) is 1. The number of imidazole rings is 1. The van der Waals surface area contributed by atoms with E-state index in [1.165, 1.54) is 5.56 Å². The second-order valence-electron chi connectivity index (χ2n) is 6.09. The van der Waals surface area contributed by atoms with Crippen molar-refractivity contribution in [2.45, 2.75) is 38.7 Å². The Morgan fingerprint density at radius 3 is 2.88 bits per heavy atom. The van der Waals surface area contributed by atoms with Crippen LogP contribution in [0.1, 0.15) is 36.9 Å². The van der Waals surface area contributed by atoms with Crippen LogP contribution in [0.4, 0.5) is 0 Å². The van der Waals surface area contributed by atoms with Gasteiger partial charge >= 0.3 is 5.97 Å². The molecular formula is C20H22N2O3. The van der Waals surface area contributed by atoms with Gasteiger partial charge in [-0.15, -0.1) is 0 Å². The number of benzene rings is 1. The van der Waals surface area contributed by atoms with E-state index in [0.717, 1.165) is 42.8 Å². The third-order valence-electron chi connectivity index (χ3n) is 4.06. The van der Waals surface area contributed by atoms with Crippen LogP contribution in [0.5, 0.6) is 5.75 Å². The summed E-state index contributed by atoms with van der Waals surface area (Å²) in [6.45, 7) is 0.434. The lowest BCUT2D eigenvalue weighted by Gasteiger charge is -2.07. The molecule has 3 aromatic rings. The molecule has 25 heavy (non-hydrogen) atoms. The number of carboxylic acids is 1. The first-order valence-electron chi connectivity index (χ1n) is 8.57. The SMILES string of the molecule is O=C(O)CCCCCc1cccc(OCc2cn3ccccc3n2)c1. The molecule has 1 N–H and O–H groups in total. The Morgan fingerprint density at radius 1 is 1.12 bits per heavy atom. The fourth-order valence-electron chi connectivity index (χ4n) is 2.79. The number of rotatable bonds is 9. The number of aromatic nitrogens is 2. The topological polar surface area (TPSA) is 63.8 Å². The lowest BCUT2D eigenvalue weighted by molar-refractivity contribution is -0.137. The summed E-state index contributed by atoms with van der Waals surface area (Å²) in [4.78, 5) is 15.0. The Bertz CT molecular complexity index is 809. The smallest absolute Gasteiger partial charge is 0.303 e. The third-order valence-corrected chi connectivity index (χ3v) is 4.06. The van der Waals surface area contributed by atoms with Crippen LogP contribution in [-0.2, 0) is 17.8 Å². The van der Waals surface area contributed by atoms with E-state index in [4.69, 9.17) is 9.84 Å². The fraction of sp³-hybridized carbons (Fsp3) is 0.300. The number of carboxylic acid groups (broad SMARTS) is 1. The van der Waals surface area contributed by atoms with Gasteiger partial charge in [-0.1, -0.05) is 24.6 Å². The van der Waals surface area contributed by atoms with E-state index in [9.17, 15) is 4.79 Å². The quantitative estimate of drug-likeness (QED) is 0.597. The van der Waals surface area contributed by atoms with E-state index in [1.54, 1.807) is 0 Å². The minimum Gasteiger partial charge on any atom is -0.487 e. The van der Waals surface area contributed by atoms with Crippen LogP contribution in [0, 0.1) is 0 Å². The monoisotopic (exact) mass is 338 g/mol. The van der Waals surface area contributed by atoms with Crippen molar-refractivity contribution < 1.29 is 14.6 Å². The lowest BCUT2D eigenvalue weighted by Crippen LogP contribution is -1.97. The normalized spacial score (nSPS) is 10.9. The van der Waals surface area contributed by atoms with Crippen LogP contribution < -0.4 is 4.74 Å². The van der Waals surface area contributed by atoms with Gasteiger partial charge in [-0.25, -0.2) is 4.98 Å². The number of nitrogens with zero attached hydrogens (tertiary/aromatic N) is 2. The zero-order chi connectivity index (χ0) is 17.5. The molecule has 0 aliphatic heterocycles. The first-order chi connectivity index (χ1) is 12.2. The van der Waals surface area contributed by atoms with E-state index in [2.05, 4.69) is 11.1 Å². The molecule has 1 aromatic carbocycles. The van der Waals surface area contributed by atoms with Gasteiger partial charge in [-0.05, 0) is 49.1 Å². The van der Waals surface area contributed by atoms with Gasteiger partial charge in [0.2, 0.25) is 0 Å². The number of unbranched alkanes of at least 4 members (excludes halogenated alkanes) is 2. The van der Waals surface area contributed by atoms with Crippen LogP contribution in [0.3, 0.4) is 0 Å². The predicted molar refractivity (Wildman–Crippen MR) is 95.8 cm³/mol. The molecule has 5 heteroatoms. The van der Waals surface area contributed by atoms with Crippen LogP contribution in [-0.4, -0.2) is 20.5 Å². The zero-order valence-corrected chi connectivity index (χ0v) is 14.1. The molecule has 130 valence electrons. The standard InChI is InChI=1S/C20H22N2O3/c23-20(24)11-3-1-2-7-16-8-6-9-18(13-16)25-15-17-14-22-12-5-4-10-19(22)21-17/h4-6,8-10,12-14H,1-3,7,11,15H2,(H,23,24). The molecule has 0 aliphatic carbocycles. The number of aliphatic carboxylic acids is 1. The van der Waals surface area contributed by atoms with E-state index in [1.807, 2.05) is 53.2 Å². The third kappa shape index (κ3) is 5.08. The molecule has 0 fully saturated rings. The first-order valence-corrected chi connectivity index (χ1v) is 8.57. The van der Waals surface area contributed by atoms with Crippen molar-refractivity contribution in [2.24, 2.45) is 0 Å². The molecule has 0 spiro atoms. The molecule has 2 heterocycles. The van der Waals surface area contributed by atoms with Crippen molar-refractivity contribution in [3.63, 3.8) is 0 Å². The summed E-state index contributed by atoms with van der Waals surface area (Å²) in [6.07, 6.45) is 7.78. The molecule has 0 saturated carbocycles. The molecule has 0 amide bonds. The van der Waals surface area contributed by atoms with Gasteiger partial charge in [0, 0.05) is 18.8 Å². The highest BCUT2D eigenvalue weighted by atomic mass is 16.5. The molecule has 0 aliphatic rings. The van der Waals surface area contributed by atoms with E-state index >= 15 is 0 Å². The maximum Gasteiger partial charge on any atom is 0.303 e. The van der Waals surface area contributed by atoms with Gasteiger partial charge in [0.25, 0.3) is 0 Å². The largest absolute Gasteiger partial charge is 0.487 e. The van der Waals surface area contributed by atoms with Gasteiger partial charge in [0.1, 0.15) is 18.0 Å². The molecule has 0 saturated heterocycles. The summed E-state index contributed by atoms with van der Waals surface area (Å²) in [5.74, 6) is 0.113.